The Bertz CT molecular complexity index is 473. The summed E-state index contributed by atoms with van der Waals surface area (Å²) >= 11 is 6.01. The summed E-state index contributed by atoms with van der Waals surface area (Å²) in [4.78, 5) is 4.03. The standard InChI is InChI=1S/C13H15ClFN3.HI/c1-2-6-17-13(16)18-11-7-8(11)12-9(14)4-3-5-10(12)15;/h2-5,8,11H,1,6-7H2,(H3,16,17,18);1H. The fourth-order valence-electron chi connectivity index (χ4n) is 1.94. The van der Waals surface area contributed by atoms with E-state index in [1.807, 2.05) is 0 Å². The molecule has 1 fully saturated rings. The van der Waals surface area contributed by atoms with Crippen LogP contribution in [-0.2, 0) is 0 Å². The van der Waals surface area contributed by atoms with Crippen LogP contribution in [0.3, 0.4) is 0 Å². The van der Waals surface area contributed by atoms with Crippen molar-refractivity contribution in [1.82, 2.24) is 5.32 Å². The molecule has 0 aromatic heterocycles. The van der Waals surface area contributed by atoms with Gasteiger partial charge in [-0.05, 0) is 18.6 Å². The minimum atomic E-state index is -0.265. The van der Waals surface area contributed by atoms with Gasteiger partial charge in [-0.2, -0.15) is 0 Å². The van der Waals surface area contributed by atoms with Gasteiger partial charge in [-0.15, -0.1) is 30.6 Å². The molecular weight excluding hydrogens is 380 g/mol. The van der Waals surface area contributed by atoms with Crippen LogP contribution in [0.4, 0.5) is 4.39 Å². The topological polar surface area (TPSA) is 50.4 Å². The molecule has 6 heteroatoms. The lowest BCUT2D eigenvalue weighted by Gasteiger charge is -2.07. The molecule has 0 radical (unpaired) electrons. The Balaban J connectivity index is 0.00000180. The van der Waals surface area contributed by atoms with Crippen LogP contribution in [0.5, 0.6) is 0 Å². The van der Waals surface area contributed by atoms with Gasteiger partial charge in [0.2, 0.25) is 0 Å². The number of nitrogens with one attached hydrogen (secondary N) is 1. The van der Waals surface area contributed by atoms with Crippen molar-refractivity contribution in [2.75, 3.05) is 6.54 Å². The molecule has 1 saturated carbocycles. The Morgan fingerprint density at radius 2 is 2.37 bits per heavy atom. The predicted octanol–water partition coefficient (Wildman–Crippen LogP) is 3.04. The summed E-state index contributed by atoms with van der Waals surface area (Å²) in [5.74, 6) is 0.157. The zero-order valence-electron chi connectivity index (χ0n) is 10.3. The first kappa shape index (κ1) is 16.2. The molecule has 1 aliphatic rings. The van der Waals surface area contributed by atoms with Crippen molar-refractivity contribution < 1.29 is 4.39 Å². The summed E-state index contributed by atoms with van der Waals surface area (Å²) in [5, 5.41) is 3.51. The fourth-order valence-corrected chi connectivity index (χ4v) is 2.24. The van der Waals surface area contributed by atoms with Gasteiger partial charge in [0, 0.05) is 22.5 Å². The van der Waals surface area contributed by atoms with Crippen LogP contribution in [0, 0.1) is 5.82 Å². The number of hydrogen-bond donors (Lipinski definition) is 2. The van der Waals surface area contributed by atoms with E-state index >= 15 is 0 Å². The molecule has 0 heterocycles. The molecule has 1 aliphatic carbocycles. The highest BCUT2D eigenvalue weighted by Crippen LogP contribution is 2.44. The molecule has 2 atom stereocenters. The number of aliphatic imine (C=N–C) groups is 1. The number of guanidine groups is 1. The highest BCUT2D eigenvalue weighted by Gasteiger charge is 2.41. The number of hydrogen-bond acceptors (Lipinski definition) is 1. The zero-order chi connectivity index (χ0) is 13.1. The van der Waals surface area contributed by atoms with E-state index in [0.29, 0.717) is 23.1 Å². The molecule has 2 rings (SSSR count). The number of nitrogens with zero attached hydrogens (tertiary/aromatic N) is 1. The summed E-state index contributed by atoms with van der Waals surface area (Å²) < 4.78 is 13.7. The Hall–Kier alpha value is -0.820. The maximum Gasteiger partial charge on any atom is 0.189 e. The Morgan fingerprint density at radius 1 is 1.63 bits per heavy atom. The molecule has 104 valence electrons. The smallest absolute Gasteiger partial charge is 0.189 e. The second-order valence-electron chi connectivity index (χ2n) is 4.24. The van der Waals surface area contributed by atoms with Crippen molar-refractivity contribution in [2.45, 2.75) is 18.4 Å². The lowest BCUT2D eigenvalue weighted by atomic mass is 10.1. The second-order valence-corrected chi connectivity index (χ2v) is 4.65. The first-order valence-corrected chi connectivity index (χ1v) is 6.12. The van der Waals surface area contributed by atoms with Crippen molar-refractivity contribution in [2.24, 2.45) is 10.7 Å². The van der Waals surface area contributed by atoms with Crippen LogP contribution in [0.15, 0.2) is 35.8 Å². The van der Waals surface area contributed by atoms with E-state index in [-0.39, 0.29) is 41.8 Å². The first-order chi connectivity index (χ1) is 8.63. The van der Waals surface area contributed by atoms with Gasteiger partial charge in [0.05, 0.1) is 6.54 Å². The van der Waals surface area contributed by atoms with Gasteiger partial charge in [-0.3, -0.25) is 0 Å². The van der Waals surface area contributed by atoms with Gasteiger partial charge in [0.1, 0.15) is 5.82 Å². The average Bonchev–Trinajstić information content (AvgIpc) is 3.05. The van der Waals surface area contributed by atoms with Gasteiger partial charge < -0.3 is 11.1 Å². The van der Waals surface area contributed by atoms with E-state index in [9.17, 15) is 4.39 Å². The van der Waals surface area contributed by atoms with Crippen molar-refractivity contribution in [3.8, 4) is 0 Å². The monoisotopic (exact) mass is 395 g/mol. The zero-order valence-corrected chi connectivity index (χ0v) is 13.4. The maximum atomic E-state index is 13.7. The molecule has 0 aliphatic heterocycles. The van der Waals surface area contributed by atoms with E-state index in [1.165, 1.54) is 6.07 Å². The van der Waals surface area contributed by atoms with Crippen LogP contribution < -0.4 is 11.1 Å². The normalized spacial score (nSPS) is 21.5. The van der Waals surface area contributed by atoms with Crippen LogP contribution in [0.25, 0.3) is 0 Å². The molecule has 0 amide bonds. The third kappa shape index (κ3) is 4.07. The lowest BCUT2D eigenvalue weighted by molar-refractivity contribution is 0.608. The SMILES string of the molecule is C=CCN=C(N)NC1CC1c1c(F)cccc1Cl.I. The van der Waals surface area contributed by atoms with Crippen molar-refractivity contribution in [3.63, 3.8) is 0 Å². The van der Waals surface area contributed by atoms with Gasteiger partial charge >= 0.3 is 0 Å². The summed E-state index contributed by atoms with van der Waals surface area (Å²) in [7, 11) is 0. The number of nitrogens with two attached hydrogens (primary N) is 1. The highest BCUT2D eigenvalue weighted by molar-refractivity contribution is 14.0. The second kappa shape index (κ2) is 7.09. The third-order valence-corrected chi connectivity index (χ3v) is 3.21. The molecule has 0 saturated heterocycles. The molecule has 0 spiro atoms. The van der Waals surface area contributed by atoms with Crippen molar-refractivity contribution in [3.05, 3.63) is 47.3 Å². The largest absolute Gasteiger partial charge is 0.370 e. The minimum Gasteiger partial charge on any atom is -0.370 e. The first-order valence-electron chi connectivity index (χ1n) is 5.74. The van der Waals surface area contributed by atoms with E-state index in [2.05, 4.69) is 16.9 Å². The molecule has 1 aromatic rings. The lowest BCUT2D eigenvalue weighted by Crippen LogP contribution is -2.34. The molecule has 3 N–H and O–H groups in total. The maximum absolute atomic E-state index is 13.7. The fraction of sp³-hybridized carbons (Fsp3) is 0.308. The number of halogens is 3. The van der Waals surface area contributed by atoms with Gasteiger partial charge in [-0.25, -0.2) is 9.38 Å². The predicted molar refractivity (Wildman–Crippen MR) is 87.8 cm³/mol. The molecular formula is C13H16ClFIN3. The molecule has 1 aromatic carbocycles. The summed E-state index contributed by atoms with van der Waals surface area (Å²) in [6, 6.07) is 4.83. The molecule has 19 heavy (non-hydrogen) atoms. The van der Waals surface area contributed by atoms with Gasteiger partial charge in [-0.1, -0.05) is 23.7 Å². The van der Waals surface area contributed by atoms with Gasteiger partial charge in [0.15, 0.2) is 5.96 Å². The summed E-state index contributed by atoms with van der Waals surface area (Å²) in [5.41, 5.74) is 6.24. The third-order valence-electron chi connectivity index (χ3n) is 2.88. The van der Waals surface area contributed by atoms with Crippen molar-refractivity contribution in [1.29, 1.82) is 0 Å². The number of benzene rings is 1. The molecule has 0 bridgehead atoms. The van der Waals surface area contributed by atoms with Crippen molar-refractivity contribution >= 4 is 41.5 Å². The average molecular weight is 396 g/mol. The minimum absolute atomic E-state index is 0. The summed E-state index contributed by atoms with van der Waals surface area (Å²) in [6.07, 6.45) is 2.47. The van der Waals surface area contributed by atoms with E-state index in [0.717, 1.165) is 6.42 Å². The van der Waals surface area contributed by atoms with E-state index in [4.69, 9.17) is 17.3 Å². The van der Waals surface area contributed by atoms with E-state index < -0.39 is 0 Å². The molecule has 2 unspecified atom stereocenters. The van der Waals surface area contributed by atoms with Crippen LogP contribution >= 0.6 is 35.6 Å². The Labute approximate surface area is 134 Å². The quantitative estimate of drug-likeness (QED) is 0.356. The Morgan fingerprint density at radius 3 is 3.00 bits per heavy atom. The van der Waals surface area contributed by atoms with E-state index in [1.54, 1.807) is 18.2 Å². The van der Waals surface area contributed by atoms with Crippen LogP contribution in [-0.4, -0.2) is 18.5 Å². The summed E-state index contributed by atoms with van der Waals surface area (Å²) in [6.45, 7) is 4.02. The molecule has 3 nitrogen and oxygen atoms in total. The van der Waals surface area contributed by atoms with Crippen LogP contribution in [0.1, 0.15) is 17.9 Å². The number of rotatable bonds is 4. The Kier molecular flexibility index (Phi) is 6.06. The highest BCUT2D eigenvalue weighted by atomic mass is 127. The van der Waals surface area contributed by atoms with Gasteiger partial charge in [0.25, 0.3) is 0 Å². The van der Waals surface area contributed by atoms with Crippen LogP contribution in [0.2, 0.25) is 5.02 Å².